The van der Waals surface area contributed by atoms with Crippen molar-refractivity contribution in [2.75, 3.05) is 7.11 Å². The SMILES string of the molecule is COC(=O)[C@@H]1[C@H]2C=C[C@H](C2)N1C(=O)OCc1ccccc1. The zero-order valence-corrected chi connectivity index (χ0v) is 11.8. The second-order valence-corrected chi connectivity index (χ2v) is 5.27. The van der Waals surface area contributed by atoms with Crippen LogP contribution in [0.3, 0.4) is 0 Å². The molecule has 1 aliphatic carbocycles. The predicted molar refractivity (Wildman–Crippen MR) is 75.3 cm³/mol. The fourth-order valence-electron chi connectivity index (χ4n) is 3.01. The minimum absolute atomic E-state index is 0.0340. The van der Waals surface area contributed by atoms with Gasteiger partial charge in [-0.2, -0.15) is 0 Å². The van der Waals surface area contributed by atoms with Crippen LogP contribution < -0.4 is 0 Å². The molecule has 1 aliphatic heterocycles. The van der Waals surface area contributed by atoms with Crippen LogP contribution in [0.4, 0.5) is 4.79 Å². The van der Waals surface area contributed by atoms with Gasteiger partial charge in [-0.1, -0.05) is 42.5 Å². The Morgan fingerprint density at radius 2 is 2.00 bits per heavy atom. The summed E-state index contributed by atoms with van der Waals surface area (Å²) >= 11 is 0. The summed E-state index contributed by atoms with van der Waals surface area (Å²) in [6.07, 6.45) is 4.23. The largest absolute Gasteiger partial charge is 0.467 e. The minimum atomic E-state index is -0.562. The van der Waals surface area contributed by atoms with E-state index in [0.717, 1.165) is 12.0 Å². The molecule has 110 valence electrons. The highest BCUT2D eigenvalue weighted by atomic mass is 16.6. The number of ether oxygens (including phenoxy) is 2. The molecular formula is C16H17NO4. The molecule has 1 amide bonds. The van der Waals surface area contributed by atoms with E-state index in [-0.39, 0.29) is 24.5 Å². The second-order valence-electron chi connectivity index (χ2n) is 5.27. The van der Waals surface area contributed by atoms with Crippen LogP contribution in [-0.2, 0) is 20.9 Å². The van der Waals surface area contributed by atoms with Crippen molar-refractivity contribution in [3.8, 4) is 0 Å². The summed E-state index contributed by atoms with van der Waals surface area (Å²) in [5.41, 5.74) is 0.917. The summed E-state index contributed by atoms with van der Waals surface area (Å²) in [6.45, 7) is 0.200. The van der Waals surface area contributed by atoms with Gasteiger partial charge in [-0.3, -0.25) is 4.90 Å². The minimum Gasteiger partial charge on any atom is -0.467 e. The molecule has 3 rings (SSSR count). The molecule has 0 radical (unpaired) electrons. The lowest BCUT2D eigenvalue weighted by Crippen LogP contribution is -2.48. The molecule has 21 heavy (non-hydrogen) atoms. The Labute approximate surface area is 123 Å². The van der Waals surface area contributed by atoms with Gasteiger partial charge < -0.3 is 9.47 Å². The molecule has 0 saturated carbocycles. The number of likely N-dealkylation sites (tertiary alicyclic amines) is 1. The quantitative estimate of drug-likeness (QED) is 0.631. The van der Waals surface area contributed by atoms with Crippen LogP contribution in [-0.4, -0.2) is 36.2 Å². The molecule has 0 N–H and O–H groups in total. The first kappa shape index (κ1) is 13.7. The van der Waals surface area contributed by atoms with Gasteiger partial charge in [0.1, 0.15) is 12.6 Å². The van der Waals surface area contributed by atoms with Gasteiger partial charge in [-0.15, -0.1) is 0 Å². The zero-order chi connectivity index (χ0) is 14.8. The number of carbonyl (C=O) groups is 2. The normalized spacial score (nSPS) is 26.0. The Bertz CT molecular complexity index is 569. The van der Waals surface area contributed by atoms with E-state index in [9.17, 15) is 9.59 Å². The highest BCUT2D eigenvalue weighted by Gasteiger charge is 2.50. The van der Waals surface area contributed by atoms with Gasteiger partial charge in [0.2, 0.25) is 0 Å². The first-order valence-corrected chi connectivity index (χ1v) is 6.96. The first-order valence-electron chi connectivity index (χ1n) is 6.96. The molecule has 1 heterocycles. The first-order chi connectivity index (χ1) is 10.2. The third-order valence-corrected chi connectivity index (χ3v) is 4.02. The van der Waals surface area contributed by atoms with E-state index < -0.39 is 12.1 Å². The standard InChI is InChI=1S/C16H17NO4/c1-20-15(18)14-12-7-8-13(9-12)17(14)16(19)21-10-11-5-3-2-4-6-11/h2-8,12-14H,9-10H2,1H3/t12-,13+,14-/m0/s1. The van der Waals surface area contributed by atoms with Gasteiger partial charge in [-0.25, -0.2) is 9.59 Å². The van der Waals surface area contributed by atoms with Crippen LogP contribution in [0.15, 0.2) is 42.5 Å². The molecule has 5 nitrogen and oxygen atoms in total. The van der Waals surface area contributed by atoms with Gasteiger partial charge in [0, 0.05) is 5.92 Å². The predicted octanol–water partition coefficient (Wildman–Crippen LogP) is 2.13. The highest BCUT2D eigenvalue weighted by Crippen LogP contribution is 2.38. The fourth-order valence-corrected chi connectivity index (χ4v) is 3.01. The smallest absolute Gasteiger partial charge is 0.411 e. The van der Waals surface area contributed by atoms with Crippen molar-refractivity contribution in [1.82, 2.24) is 4.90 Å². The van der Waals surface area contributed by atoms with Crippen LogP contribution in [0, 0.1) is 5.92 Å². The number of hydrogen-bond donors (Lipinski definition) is 0. The third-order valence-electron chi connectivity index (χ3n) is 4.02. The molecule has 3 atom stereocenters. The van der Waals surface area contributed by atoms with Crippen LogP contribution in [0.25, 0.3) is 0 Å². The lowest BCUT2D eigenvalue weighted by molar-refractivity contribution is -0.146. The van der Waals surface area contributed by atoms with Gasteiger partial charge in [0.25, 0.3) is 0 Å². The molecule has 2 aliphatic rings. The van der Waals surface area contributed by atoms with Gasteiger partial charge in [-0.05, 0) is 12.0 Å². The number of hydrogen-bond acceptors (Lipinski definition) is 4. The molecule has 5 heteroatoms. The fraction of sp³-hybridized carbons (Fsp3) is 0.375. The molecule has 2 bridgehead atoms. The summed E-state index contributed by atoms with van der Waals surface area (Å²) in [5.74, 6) is -0.352. The van der Waals surface area contributed by atoms with Crippen molar-refractivity contribution < 1.29 is 19.1 Å². The number of esters is 1. The Kier molecular flexibility index (Phi) is 3.64. The number of nitrogens with zero attached hydrogens (tertiary/aromatic N) is 1. The van der Waals surface area contributed by atoms with E-state index >= 15 is 0 Å². The van der Waals surface area contributed by atoms with Gasteiger partial charge in [0.05, 0.1) is 13.2 Å². The molecular weight excluding hydrogens is 270 g/mol. The van der Waals surface area contributed by atoms with E-state index in [4.69, 9.17) is 9.47 Å². The van der Waals surface area contributed by atoms with Crippen molar-refractivity contribution in [3.05, 3.63) is 48.0 Å². The molecule has 0 unspecified atom stereocenters. The second kappa shape index (κ2) is 5.60. The Morgan fingerprint density at radius 1 is 1.24 bits per heavy atom. The molecule has 1 aromatic carbocycles. The van der Waals surface area contributed by atoms with Crippen LogP contribution in [0.2, 0.25) is 0 Å². The van der Waals surface area contributed by atoms with E-state index in [1.54, 1.807) is 0 Å². The molecule has 1 saturated heterocycles. The number of rotatable bonds is 3. The topological polar surface area (TPSA) is 55.8 Å². The van der Waals surface area contributed by atoms with E-state index in [1.165, 1.54) is 12.0 Å². The van der Waals surface area contributed by atoms with E-state index in [1.807, 2.05) is 42.5 Å². The summed E-state index contributed by atoms with van der Waals surface area (Å²) < 4.78 is 10.1. The maximum Gasteiger partial charge on any atom is 0.411 e. The number of methoxy groups -OCH3 is 1. The Morgan fingerprint density at radius 3 is 2.71 bits per heavy atom. The van der Waals surface area contributed by atoms with E-state index in [0.29, 0.717) is 0 Å². The number of fused-ring (bicyclic) bond motifs is 2. The summed E-state index contributed by atoms with van der Waals surface area (Å²) in [4.78, 5) is 25.7. The lowest BCUT2D eigenvalue weighted by Gasteiger charge is -2.29. The highest BCUT2D eigenvalue weighted by molar-refractivity contribution is 5.84. The third kappa shape index (κ3) is 2.51. The van der Waals surface area contributed by atoms with Crippen molar-refractivity contribution in [1.29, 1.82) is 0 Å². The number of amides is 1. The molecule has 1 aromatic rings. The monoisotopic (exact) mass is 287 g/mol. The molecule has 0 spiro atoms. The number of benzene rings is 1. The molecule has 0 aromatic heterocycles. The van der Waals surface area contributed by atoms with Crippen LogP contribution >= 0.6 is 0 Å². The van der Waals surface area contributed by atoms with Gasteiger partial charge in [0.15, 0.2) is 0 Å². The molecule has 1 fully saturated rings. The van der Waals surface area contributed by atoms with Crippen LogP contribution in [0.5, 0.6) is 0 Å². The van der Waals surface area contributed by atoms with Crippen molar-refractivity contribution >= 4 is 12.1 Å². The summed E-state index contributed by atoms with van der Waals surface area (Å²) in [5, 5.41) is 0. The average molecular weight is 287 g/mol. The van der Waals surface area contributed by atoms with Gasteiger partial charge >= 0.3 is 12.1 Å². The van der Waals surface area contributed by atoms with Crippen LogP contribution in [0.1, 0.15) is 12.0 Å². The summed E-state index contributed by atoms with van der Waals surface area (Å²) in [7, 11) is 1.34. The summed E-state index contributed by atoms with van der Waals surface area (Å²) in [6, 6.07) is 8.84. The maximum atomic E-state index is 12.3. The van der Waals surface area contributed by atoms with E-state index in [2.05, 4.69) is 0 Å². The maximum absolute atomic E-state index is 12.3. The Balaban J connectivity index is 1.68. The number of carbonyl (C=O) groups excluding carboxylic acids is 2. The Hall–Kier alpha value is -2.30. The lowest BCUT2D eigenvalue weighted by atomic mass is 10.0. The van der Waals surface area contributed by atoms with Crippen molar-refractivity contribution in [2.24, 2.45) is 5.92 Å². The van der Waals surface area contributed by atoms with Crippen molar-refractivity contribution in [3.63, 3.8) is 0 Å². The zero-order valence-electron chi connectivity index (χ0n) is 11.8. The van der Waals surface area contributed by atoms with Crippen molar-refractivity contribution in [2.45, 2.75) is 25.1 Å². The average Bonchev–Trinajstić information content (AvgIpc) is 3.13.